The molecule has 1 aliphatic heterocycles. The van der Waals surface area contributed by atoms with Crippen LogP contribution in [0.5, 0.6) is 0 Å². The van der Waals surface area contributed by atoms with Crippen molar-refractivity contribution in [1.29, 1.82) is 0 Å². The van der Waals surface area contributed by atoms with Gasteiger partial charge in [0.05, 0.1) is 16.2 Å². The molecule has 3 amide bonds. The number of amides is 3. The maximum absolute atomic E-state index is 12.6. The fourth-order valence-corrected chi connectivity index (χ4v) is 4.26. The van der Waals surface area contributed by atoms with Gasteiger partial charge < -0.3 is 5.32 Å². The molecule has 162 valence electrons. The quantitative estimate of drug-likeness (QED) is 0.345. The van der Waals surface area contributed by atoms with Crippen LogP contribution in [0.3, 0.4) is 0 Å². The molecule has 0 radical (unpaired) electrons. The highest BCUT2D eigenvalue weighted by Gasteiger charge is 2.40. The van der Waals surface area contributed by atoms with Gasteiger partial charge in [0.2, 0.25) is 5.91 Å². The topological polar surface area (TPSA) is 123 Å². The summed E-state index contributed by atoms with van der Waals surface area (Å²) < 4.78 is 0. The molecule has 1 aliphatic rings. The molecule has 10 heteroatoms. The van der Waals surface area contributed by atoms with Gasteiger partial charge in [-0.3, -0.25) is 29.4 Å². The van der Waals surface area contributed by atoms with Crippen molar-refractivity contribution in [3.63, 3.8) is 0 Å². The van der Waals surface area contributed by atoms with Crippen LogP contribution in [-0.4, -0.2) is 39.1 Å². The molecule has 0 saturated carbocycles. The summed E-state index contributed by atoms with van der Waals surface area (Å²) in [5.41, 5.74) is 3.22. The number of thiazole rings is 1. The number of nitro benzene ring substituents is 1. The number of rotatable bonds is 6. The highest BCUT2D eigenvalue weighted by Crippen LogP contribution is 2.31. The highest BCUT2D eigenvalue weighted by molar-refractivity contribution is 7.14. The number of carbonyl (C=O) groups excluding carboxylic acids is 3. The van der Waals surface area contributed by atoms with Crippen molar-refractivity contribution in [2.24, 2.45) is 0 Å². The van der Waals surface area contributed by atoms with Gasteiger partial charge in [0.15, 0.2) is 5.13 Å². The van der Waals surface area contributed by atoms with Crippen molar-refractivity contribution in [3.05, 3.63) is 74.1 Å². The van der Waals surface area contributed by atoms with Crippen molar-refractivity contribution < 1.29 is 19.3 Å². The van der Waals surface area contributed by atoms with Gasteiger partial charge in [0.1, 0.15) is 5.56 Å². The molecule has 0 saturated heterocycles. The standard InChI is InChI=1S/C22H18N4O5S/c1-12-6-7-13(2)15(10-12)16-11-32-22(23-16)24-18(27)8-9-25-20(28)14-4-3-5-17(26(30)31)19(14)21(25)29/h3-7,10-11H,8-9H2,1-2H3,(H,23,24,27). The molecule has 0 atom stereocenters. The lowest BCUT2D eigenvalue weighted by Crippen LogP contribution is -2.33. The molecular weight excluding hydrogens is 432 g/mol. The Balaban J connectivity index is 1.42. The Morgan fingerprint density at radius 1 is 1.16 bits per heavy atom. The molecule has 0 spiro atoms. The van der Waals surface area contributed by atoms with Crippen LogP contribution in [0.1, 0.15) is 38.3 Å². The van der Waals surface area contributed by atoms with Crippen molar-refractivity contribution in [3.8, 4) is 11.3 Å². The zero-order chi connectivity index (χ0) is 23.0. The molecule has 4 rings (SSSR count). The predicted molar refractivity (Wildman–Crippen MR) is 119 cm³/mol. The molecule has 2 heterocycles. The Kier molecular flexibility index (Phi) is 5.54. The van der Waals surface area contributed by atoms with Crippen LogP contribution in [0.15, 0.2) is 41.8 Å². The van der Waals surface area contributed by atoms with Gasteiger partial charge in [0.25, 0.3) is 17.5 Å². The first kappa shape index (κ1) is 21.3. The van der Waals surface area contributed by atoms with Crippen molar-refractivity contribution in [1.82, 2.24) is 9.88 Å². The monoisotopic (exact) mass is 450 g/mol. The van der Waals surface area contributed by atoms with Gasteiger partial charge in [-0.2, -0.15) is 0 Å². The molecule has 0 unspecified atom stereocenters. The second-order valence-corrected chi connectivity index (χ2v) is 8.23. The summed E-state index contributed by atoms with van der Waals surface area (Å²) in [4.78, 5) is 53.3. The van der Waals surface area contributed by atoms with E-state index in [0.717, 1.165) is 27.3 Å². The van der Waals surface area contributed by atoms with E-state index >= 15 is 0 Å². The Morgan fingerprint density at radius 3 is 2.69 bits per heavy atom. The van der Waals surface area contributed by atoms with E-state index in [2.05, 4.69) is 10.3 Å². The largest absolute Gasteiger partial charge is 0.302 e. The van der Waals surface area contributed by atoms with Crippen molar-refractivity contribution in [2.75, 3.05) is 11.9 Å². The second kappa shape index (κ2) is 8.31. The third kappa shape index (κ3) is 3.87. The molecular formula is C22H18N4O5S. The summed E-state index contributed by atoms with van der Waals surface area (Å²) in [7, 11) is 0. The van der Waals surface area contributed by atoms with E-state index in [-0.39, 0.29) is 24.1 Å². The van der Waals surface area contributed by atoms with E-state index in [1.807, 2.05) is 37.4 Å². The van der Waals surface area contributed by atoms with Gasteiger partial charge in [-0.25, -0.2) is 4.98 Å². The zero-order valence-electron chi connectivity index (χ0n) is 17.2. The van der Waals surface area contributed by atoms with E-state index in [4.69, 9.17) is 0 Å². The SMILES string of the molecule is Cc1ccc(C)c(-c2csc(NC(=O)CCN3C(=O)c4cccc([N+](=O)[O-])c4C3=O)n2)c1. The smallest absolute Gasteiger partial charge is 0.282 e. The fourth-order valence-electron chi connectivity index (χ4n) is 3.53. The van der Waals surface area contributed by atoms with Crippen molar-refractivity contribution >= 4 is 39.9 Å². The first-order valence-corrected chi connectivity index (χ1v) is 10.6. The molecule has 0 fully saturated rings. The van der Waals surface area contributed by atoms with Crippen LogP contribution in [0.25, 0.3) is 11.3 Å². The number of imide groups is 1. The Morgan fingerprint density at radius 2 is 1.94 bits per heavy atom. The summed E-state index contributed by atoms with van der Waals surface area (Å²) in [5, 5.41) is 16.1. The number of anilines is 1. The van der Waals surface area contributed by atoms with Crippen molar-refractivity contribution in [2.45, 2.75) is 20.3 Å². The lowest BCUT2D eigenvalue weighted by molar-refractivity contribution is -0.385. The van der Waals surface area contributed by atoms with Crippen LogP contribution in [0, 0.1) is 24.0 Å². The third-order valence-corrected chi connectivity index (χ3v) is 5.91. The number of nitrogens with one attached hydrogen (secondary N) is 1. The number of benzene rings is 2. The normalized spacial score (nSPS) is 12.8. The van der Waals surface area contributed by atoms with Gasteiger partial charge in [-0.15, -0.1) is 11.3 Å². The number of carbonyl (C=O) groups is 3. The number of aromatic nitrogens is 1. The van der Waals surface area contributed by atoms with E-state index in [1.54, 1.807) is 0 Å². The minimum atomic E-state index is -0.767. The lowest BCUT2D eigenvalue weighted by Gasteiger charge is -2.12. The predicted octanol–water partition coefficient (Wildman–Crippen LogP) is 3.96. The molecule has 9 nitrogen and oxygen atoms in total. The maximum Gasteiger partial charge on any atom is 0.282 e. The number of hydrogen-bond acceptors (Lipinski definition) is 7. The summed E-state index contributed by atoms with van der Waals surface area (Å²) in [5.74, 6) is -1.83. The minimum Gasteiger partial charge on any atom is -0.302 e. The van der Waals surface area contributed by atoms with E-state index in [0.29, 0.717) is 5.13 Å². The fraction of sp³-hybridized carbons (Fsp3) is 0.182. The molecule has 1 N–H and O–H groups in total. The average Bonchev–Trinajstić information content (AvgIpc) is 3.31. The first-order valence-electron chi connectivity index (χ1n) is 9.73. The number of nitro groups is 1. The average molecular weight is 450 g/mol. The Hall–Kier alpha value is -3.92. The molecule has 2 aromatic carbocycles. The van der Waals surface area contributed by atoms with Crippen LogP contribution in [0.4, 0.5) is 10.8 Å². The summed E-state index contributed by atoms with van der Waals surface area (Å²) in [6.07, 6.45) is -0.155. The molecule has 0 bridgehead atoms. The number of fused-ring (bicyclic) bond motifs is 1. The minimum absolute atomic E-state index is 0.0253. The Labute approximate surface area is 186 Å². The van der Waals surface area contributed by atoms with Crippen LogP contribution in [-0.2, 0) is 4.79 Å². The summed E-state index contributed by atoms with van der Waals surface area (Å²) >= 11 is 1.28. The number of aryl methyl sites for hydroxylation is 2. The van der Waals surface area contributed by atoms with Gasteiger partial charge in [0, 0.05) is 30.0 Å². The highest BCUT2D eigenvalue weighted by atomic mass is 32.1. The number of hydrogen-bond donors (Lipinski definition) is 1. The molecule has 3 aromatic rings. The second-order valence-electron chi connectivity index (χ2n) is 7.37. The maximum atomic E-state index is 12.6. The van der Waals surface area contributed by atoms with Crippen LogP contribution < -0.4 is 5.32 Å². The van der Waals surface area contributed by atoms with Gasteiger partial charge in [-0.05, 0) is 31.5 Å². The van der Waals surface area contributed by atoms with E-state index in [1.165, 1.54) is 29.5 Å². The Bertz CT molecular complexity index is 1280. The van der Waals surface area contributed by atoms with E-state index in [9.17, 15) is 24.5 Å². The third-order valence-electron chi connectivity index (χ3n) is 5.16. The van der Waals surface area contributed by atoms with Crippen LogP contribution >= 0.6 is 11.3 Å². The number of nitrogens with zero attached hydrogens (tertiary/aromatic N) is 3. The van der Waals surface area contributed by atoms with Gasteiger partial charge >= 0.3 is 0 Å². The summed E-state index contributed by atoms with van der Waals surface area (Å²) in [6, 6.07) is 9.95. The lowest BCUT2D eigenvalue weighted by atomic mass is 10.0. The first-order chi connectivity index (χ1) is 15.3. The molecule has 1 aromatic heterocycles. The van der Waals surface area contributed by atoms with Gasteiger partial charge in [-0.1, -0.05) is 23.8 Å². The van der Waals surface area contributed by atoms with E-state index < -0.39 is 28.3 Å². The van der Waals surface area contributed by atoms with Crippen LogP contribution in [0.2, 0.25) is 0 Å². The molecule has 0 aliphatic carbocycles. The molecule has 32 heavy (non-hydrogen) atoms. The summed E-state index contributed by atoms with van der Waals surface area (Å²) in [6.45, 7) is 3.79. The zero-order valence-corrected chi connectivity index (χ0v) is 18.1.